The van der Waals surface area contributed by atoms with E-state index >= 15 is 0 Å². The van der Waals surface area contributed by atoms with Crippen LogP contribution in [0.4, 0.5) is 14.9 Å². The highest BCUT2D eigenvalue weighted by molar-refractivity contribution is 9.11. The number of para-hydroxylation sites is 1. The number of rotatable bonds is 5. The Morgan fingerprint density at radius 1 is 0.970 bits per heavy atom. The predicted octanol–water partition coefficient (Wildman–Crippen LogP) is 5.60. The van der Waals surface area contributed by atoms with Crippen molar-refractivity contribution in [1.82, 2.24) is 5.32 Å². The summed E-state index contributed by atoms with van der Waals surface area (Å²) < 4.78 is 20.6. The zero-order valence-electron chi connectivity index (χ0n) is 16.8. The number of nitrogens with zero attached hydrogens (tertiary/aromatic N) is 1. The molecule has 166 valence electrons. The molecule has 1 aliphatic rings. The highest BCUT2D eigenvalue weighted by Gasteiger charge is 2.37. The number of carbonyl (C=O) groups is 3. The maximum Gasteiger partial charge on any atom is 0.335 e. The second-order valence-corrected chi connectivity index (χ2v) is 8.79. The Labute approximate surface area is 205 Å². The van der Waals surface area contributed by atoms with Gasteiger partial charge in [-0.05, 0) is 64.0 Å². The van der Waals surface area contributed by atoms with Gasteiger partial charge in [0.2, 0.25) is 0 Å². The molecule has 4 amide bonds. The van der Waals surface area contributed by atoms with Crippen molar-refractivity contribution in [3.63, 3.8) is 0 Å². The molecule has 1 heterocycles. The van der Waals surface area contributed by atoms with E-state index in [1.807, 2.05) is 0 Å². The van der Waals surface area contributed by atoms with E-state index in [0.717, 1.165) is 4.90 Å². The fourth-order valence-corrected chi connectivity index (χ4v) is 4.62. The molecule has 3 aromatic carbocycles. The number of anilines is 1. The molecule has 0 saturated carbocycles. The third-order valence-electron chi connectivity index (χ3n) is 4.73. The van der Waals surface area contributed by atoms with Gasteiger partial charge in [0.25, 0.3) is 11.8 Å². The molecule has 1 fully saturated rings. The van der Waals surface area contributed by atoms with Gasteiger partial charge in [-0.1, -0.05) is 46.3 Å². The summed E-state index contributed by atoms with van der Waals surface area (Å²) in [6.45, 7) is 0.0585. The average molecular weight is 574 g/mol. The van der Waals surface area contributed by atoms with Crippen molar-refractivity contribution >= 4 is 61.5 Å². The topological polar surface area (TPSA) is 75.7 Å². The molecule has 0 unspecified atom stereocenters. The van der Waals surface area contributed by atoms with Crippen molar-refractivity contribution in [2.45, 2.75) is 6.61 Å². The molecule has 0 spiro atoms. The minimum Gasteiger partial charge on any atom is -0.487 e. The van der Waals surface area contributed by atoms with E-state index in [1.54, 1.807) is 54.6 Å². The highest BCUT2D eigenvalue weighted by atomic mass is 79.9. The molecule has 6 nitrogen and oxygen atoms in total. The third kappa shape index (κ3) is 5.04. The standard InChI is InChI=1S/C24H15Br2FN2O4/c25-16-10-15(21(20(26)12-16)33-13-14-5-4-6-17(27)9-14)11-19-22(30)28-24(32)29(23(19)31)18-7-2-1-3-8-18/h1-12H,13H2,(H,28,30,32)/b19-11+. The maximum atomic E-state index is 13.5. The second-order valence-electron chi connectivity index (χ2n) is 7.02. The van der Waals surface area contributed by atoms with E-state index in [0.29, 0.717) is 31.5 Å². The SMILES string of the molecule is O=C1NC(=O)N(c2ccccc2)C(=O)/C1=C/c1cc(Br)cc(Br)c1OCc1cccc(F)c1. The first-order chi connectivity index (χ1) is 15.8. The molecular weight excluding hydrogens is 559 g/mol. The number of halogens is 3. The predicted molar refractivity (Wildman–Crippen MR) is 128 cm³/mol. The van der Waals surface area contributed by atoms with Crippen molar-refractivity contribution in [3.05, 3.63) is 98.2 Å². The van der Waals surface area contributed by atoms with Crippen LogP contribution in [0.3, 0.4) is 0 Å². The lowest BCUT2D eigenvalue weighted by atomic mass is 10.1. The summed E-state index contributed by atoms with van der Waals surface area (Å²) >= 11 is 6.82. The molecular formula is C24H15Br2FN2O4. The number of hydrogen-bond acceptors (Lipinski definition) is 4. The molecule has 1 saturated heterocycles. The molecule has 3 aromatic rings. The molecule has 4 rings (SSSR count). The fraction of sp³-hybridized carbons (Fsp3) is 0.0417. The van der Waals surface area contributed by atoms with Crippen molar-refractivity contribution in [1.29, 1.82) is 0 Å². The Bertz CT molecular complexity index is 1290. The quantitative estimate of drug-likeness (QED) is 0.319. The minimum absolute atomic E-state index is 0.0585. The summed E-state index contributed by atoms with van der Waals surface area (Å²) in [6, 6.07) is 16.9. The Morgan fingerprint density at radius 2 is 1.73 bits per heavy atom. The van der Waals surface area contributed by atoms with Gasteiger partial charge in [-0.2, -0.15) is 0 Å². The number of amides is 4. The van der Waals surface area contributed by atoms with Crippen molar-refractivity contribution in [2.24, 2.45) is 0 Å². The molecule has 1 N–H and O–H groups in total. The van der Waals surface area contributed by atoms with Crippen LogP contribution in [0.2, 0.25) is 0 Å². The van der Waals surface area contributed by atoms with Gasteiger partial charge in [-0.15, -0.1) is 0 Å². The van der Waals surface area contributed by atoms with Gasteiger partial charge in [0, 0.05) is 10.0 Å². The lowest BCUT2D eigenvalue weighted by Gasteiger charge is -2.26. The molecule has 0 radical (unpaired) electrons. The second kappa shape index (κ2) is 9.68. The minimum atomic E-state index is -0.827. The van der Waals surface area contributed by atoms with Crippen molar-refractivity contribution < 1.29 is 23.5 Å². The average Bonchev–Trinajstić information content (AvgIpc) is 2.76. The van der Waals surface area contributed by atoms with E-state index in [1.165, 1.54) is 18.2 Å². The first-order valence-electron chi connectivity index (χ1n) is 9.66. The van der Waals surface area contributed by atoms with E-state index in [2.05, 4.69) is 37.2 Å². The Hall–Kier alpha value is -3.30. The van der Waals surface area contributed by atoms with E-state index in [9.17, 15) is 18.8 Å². The monoisotopic (exact) mass is 572 g/mol. The van der Waals surface area contributed by atoms with E-state index in [-0.39, 0.29) is 18.0 Å². The Kier molecular flexibility index (Phi) is 6.71. The number of benzene rings is 3. The Morgan fingerprint density at radius 3 is 2.45 bits per heavy atom. The molecule has 0 bridgehead atoms. The van der Waals surface area contributed by atoms with E-state index < -0.39 is 17.8 Å². The third-order valence-corrected chi connectivity index (χ3v) is 5.77. The van der Waals surface area contributed by atoms with Crippen LogP contribution in [-0.4, -0.2) is 17.8 Å². The van der Waals surface area contributed by atoms with Gasteiger partial charge in [-0.25, -0.2) is 14.1 Å². The fourth-order valence-electron chi connectivity index (χ4n) is 3.25. The summed E-state index contributed by atoms with van der Waals surface area (Å²) in [6.07, 6.45) is 1.36. The maximum absolute atomic E-state index is 13.5. The number of hydrogen-bond donors (Lipinski definition) is 1. The molecule has 0 aliphatic carbocycles. The van der Waals surface area contributed by atoms with Crippen LogP contribution < -0.4 is 15.0 Å². The highest BCUT2D eigenvalue weighted by Crippen LogP contribution is 2.35. The molecule has 33 heavy (non-hydrogen) atoms. The first kappa shape index (κ1) is 22.9. The van der Waals surface area contributed by atoms with Gasteiger partial charge in [0.15, 0.2) is 0 Å². The van der Waals surface area contributed by atoms with Crippen molar-refractivity contribution in [3.8, 4) is 5.75 Å². The normalized spacial score (nSPS) is 15.1. The first-order valence-corrected chi connectivity index (χ1v) is 11.2. The van der Waals surface area contributed by atoms with Gasteiger partial charge in [0.1, 0.15) is 23.7 Å². The summed E-state index contributed by atoms with van der Waals surface area (Å²) in [7, 11) is 0. The zero-order chi connectivity index (χ0) is 23.5. The lowest BCUT2D eigenvalue weighted by molar-refractivity contribution is -0.122. The summed E-state index contributed by atoms with van der Waals surface area (Å²) in [5, 5.41) is 2.19. The lowest BCUT2D eigenvalue weighted by Crippen LogP contribution is -2.54. The summed E-state index contributed by atoms with van der Waals surface area (Å²) in [5.41, 5.74) is 1.11. The summed E-state index contributed by atoms with van der Waals surface area (Å²) in [5.74, 6) is -1.62. The summed E-state index contributed by atoms with van der Waals surface area (Å²) in [4.78, 5) is 38.9. The van der Waals surface area contributed by atoms with Gasteiger partial charge in [-0.3, -0.25) is 14.9 Å². The molecule has 9 heteroatoms. The number of imide groups is 2. The molecule has 1 aliphatic heterocycles. The molecule has 0 atom stereocenters. The van der Waals surface area contributed by atoms with Crippen LogP contribution in [0.15, 0.2) is 81.2 Å². The van der Waals surface area contributed by atoms with Crippen LogP contribution in [0.1, 0.15) is 11.1 Å². The van der Waals surface area contributed by atoms with Crippen LogP contribution >= 0.6 is 31.9 Å². The smallest absolute Gasteiger partial charge is 0.335 e. The van der Waals surface area contributed by atoms with Crippen LogP contribution in [-0.2, 0) is 16.2 Å². The van der Waals surface area contributed by atoms with Crippen LogP contribution in [0.25, 0.3) is 6.08 Å². The number of carbonyl (C=O) groups excluding carboxylic acids is 3. The number of barbiturate groups is 1. The van der Waals surface area contributed by atoms with Gasteiger partial charge < -0.3 is 4.74 Å². The molecule has 0 aromatic heterocycles. The Balaban J connectivity index is 1.71. The van der Waals surface area contributed by atoms with Gasteiger partial charge >= 0.3 is 6.03 Å². The number of urea groups is 1. The zero-order valence-corrected chi connectivity index (χ0v) is 20.0. The number of nitrogens with one attached hydrogen (secondary N) is 1. The van der Waals surface area contributed by atoms with Crippen molar-refractivity contribution in [2.75, 3.05) is 4.90 Å². The van der Waals surface area contributed by atoms with E-state index in [4.69, 9.17) is 4.74 Å². The largest absolute Gasteiger partial charge is 0.487 e. The van der Waals surface area contributed by atoms with Gasteiger partial charge in [0.05, 0.1) is 10.2 Å². The van der Waals surface area contributed by atoms with Crippen LogP contribution in [0.5, 0.6) is 5.75 Å². The van der Waals surface area contributed by atoms with Crippen LogP contribution in [0, 0.1) is 5.82 Å². The number of ether oxygens (including phenoxy) is 1.